The van der Waals surface area contributed by atoms with Crippen molar-refractivity contribution >= 4 is 101 Å². The zero-order valence-electron chi connectivity index (χ0n) is 68.2. The molecule has 14 aromatic rings. The molecule has 546 valence electrons. The third kappa shape index (κ3) is 11.5. The molecule has 12 aromatic carbocycles. The number of rotatable bonds is 7. The Kier molecular flexibility index (Phi) is 15.7. The van der Waals surface area contributed by atoms with Crippen LogP contribution in [0.15, 0.2) is 237 Å². The number of nitrogens with zero attached hydrogens (tertiary/aromatic N) is 4. The summed E-state index contributed by atoms with van der Waals surface area (Å²) in [6.07, 6.45) is 4.71. The zero-order chi connectivity index (χ0) is 76.3. The number of anilines is 6. The van der Waals surface area contributed by atoms with Crippen LogP contribution < -0.4 is 26.2 Å². The highest BCUT2D eigenvalue weighted by atomic mass is 15.2. The summed E-state index contributed by atoms with van der Waals surface area (Å²) in [4.78, 5) is 5.31. The van der Waals surface area contributed by atoms with E-state index in [-0.39, 0.29) is 50.0 Å². The van der Waals surface area contributed by atoms with E-state index in [1.807, 2.05) is 0 Å². The molecule has 0 N–H and O–H groups in total. The van der Waals surface area contributed by atoms with Crippen molar-refractivity contribution in [1.29, 1.82) is 0 Å². The molecule has 0 spiro atoms. The third-order valence-corrected chi connectivity index (χ3v) is 26.3. The Morgan fingerprint density at radius 1 is 0.257 bits per heavy atom. The molecule has 0 saturated carbocycles. The summed E-state index contributed by atoms with van der Waals surface area (Å²) in [5.41, 5.74) is 36.5. The van der Waals surface area contributed by atoms with Crippen LogP contribution in [0.5, 0.6) is 0 Å². The van der Waals surface area contributed by atoms with Crippen molar-refractivity contribution in [3.63, 3.8) is 0 Å². The first kappa shape index (κ1) is 70.6. The topological polar surface area (TPSA) is 16.3 Å². The minimum absolute atomic E-state index is 0.0387. The van der Waals surface area contributed by atoms with Gasteiger partial charge in [0.1, 0.15) is 0 Å². The molecular weight excluding hydrogens is 1320 g/mol. The van der Waals surface area contributed by atoms with Crippen LogP contribution in [0.4, 0.5) is 34.1 Å². The van der Waals surface area contributed by atoms with E-state index in [0.717, 1.165) is 39.8 Å². The monoisotopic (exact) mass is 1420 g/mol. The van der Waals surface area contributed by atoms with Gasteiger partial charge in [-0.05, 0) is 254 Å². The van der Waals surface area contributed by atoms with E-state index in [4.69, 9.17) is 0 Å². The van der Waals surface area contributed by atoms with Crippen molar-refractivity contribution in [2.75, 3.05) is 9.80 Å². The Morgan fingerprint density at radius 3 is 1.05 bits per heavy atom. The first-order chi connectivity index (χ1) is 51.5. The van der Waals surface area contributed by atoms with Gasteiger partial charge in [-0.15, -0.1) is 0 Å². The van der Waals surface area contributed by atoms with Crippen LogP contribution in [0.3, 0.4) is 0 Å². The summed E-state index contributed by atoms with van der Waals surface area (Å²) < 4.78 is 5.12. The molecule has 18 rings (SSSR count). The Morgan fingerprint density at radius 2 is 0.606 bits per heavy atom. The molecule has 0 radical (unpaired) electrons. The molecule has 0 amide bonds. The average molecular weight is 1420 g/mol. The fraction of sp³-hybridized carbons (Fsp3) is 0.308. The Labute approximate surface area is 649 Å². The molecule has 2 aliphatic heterocycles. The van der Waals surface area contributed by atoms with Gasteiger partial charge in [0.25, 0.3) is 6.71 Å². The highest BCUT2D eigenvalue weighted by Crippen LogP contribution is 2.53. The molecule has 109 heavy (non-hydrogen) atoms. The lowest BCUT2D eigenvalue weighted by Crippen LogP contribution is -2.61. The van der Waals surface area contributed by atoms with Gasteiger partial charge in [0.15, 0.2) is 0 Å². The van der Waals surface area contributed by atoms with Gasteiger partial charge < -0.3 is 18.9 Å². The van der Waals surface area contributed by atoms with Gasteiger partial charge in [-0.25, -0.2) is 0 Å². The SMILES string of the molecule is CC(C)(C)c1cc(-c2ccc3c(c2)N(c2ccc(-c4ccc5c(c4)C(C)(C)CCC5(C)C)cc2)c2cc(-n4c5ccccc5c5ccccc54)cc4c2B3c2ccc(-n3c5ccc(C(C)(C)C)cc5c5cc(C(C)(C)C)ccc53)cc2N4c2ccc(-c3ccc4c(c3)C(C)(C)CCC4(C)C)cc2)cc(C(C)(C)C)c1. The molecule has 0 bridgehead atoms. The second kappa shape index (κ2) is 24.2. The van der Waals surface area contributed by atoms with Crippen molar-refractivity contribution in [1.82, 2.24) is 9.13 Å². The summed E-state index contributed by atoms with van der Waals surface area (Å²) in [7, 11) is 0. The third-order valence-electron chi connectivity index (χ3n) is 26.3. The maximum atomic E-state index is 2.66. The Bertz CT molecular complexity index is 5930. The van der Waals surface area contributed by atoms with Crippen LogP contribution in [-0.2, 0) is 43.3 Å². The van der Waals surface area contributed by atoms with E-state index < -0.39 is 0 Å². The smallest absolute Gasteiger partial charge is 0.252 e. The largest absolute Gasteiger partial charge is 0.311 e. The molecule has 2 aromatic heterocycles. The van der Waals surface area contributed by atoms with Crippen LogP contribution in [0, 0.1) is 0 Å². The van der Waals surface area contributed by atoms with Crippen LogP contribution in [0.25, 0.3) is 88.4 Å². The number of hydrogen-bond donors (Lipinski definition) is 0. The average Bonchev–Trinajstić information content (AvgIpc) is 1.31. The molecule has 0 atom stereocenters. The van der Waals surface area contributed by atoms with Crippen LogP contribution >= 0.6 is 0 Å². The minimum Gasteiger partial charge on any atom is -0.311 e. The number of para-hydroxylation sites is 2. The molecule has 0 unspecified atom stereocenters. The Hall–Kier alpha value is -10.1. The van der Waals surface area contributed by atoms with E-state index in [1.54, 1.807) is 0 Å². The van der Waals surface area contributed by atoms with Crippen molar-refractivity contribution in [3.05, 3.63) is 281 Å². The second-order valence-corrected chi connectivity index (χ2v) is 39.6. The van der Waals surface area contributed by atoms with E-state index in [0.29, 0.717) is 0 Å². The van der Waals surface area contributed by atoms with Gasteiger partial charge in [-0.2, -0.15) is 0 Å². The normalized spacial score (nSPS) is 16.3. The molecule has 4 nitrogen and oxygen atoms in total. The number of fused-ring (bicyclic) bond motifs is 12. The lowest BCUT2D eigenvalue weighted by Gasteiger charge is -2.45. The van der Waals surface area contributed by atoms with Crippen LogP contribution in [0.1, 0.15) is 209 Å². The second-order valence-electron chi connectivity index (χ2n) is 39.6. The lowest BCUT2D eigenvalue weighted by atomic mass is 9.33. The molecule has 2 aliphatic carbocycles. The van der Waals surface area contributed by atoms with Crippen molar-refractivity contribution in [2.45, 2.75) is 207 Å². The van der Waals surface area contributed by atoms with Gasteiger partial charge in [0.2, 0.25) is 0 Å². The van der Waals surface area contributed by atoms with E-state index in [1.165, 1.54) is 169 Å². The maximum Gasteiger partial charge on any atom is 0.252 e. The van der Waals surface area contributed by atoms with E-state index in [2.05, 4.69) is 394 Å². The maximum absolute atomic E-state index is 2.66. The molecule has 5 heteroatoms. The van der Waals surface area contributed by atoms with Crippen molar-refractivity contribution in [3.8, 4) is 44.8 Å². The van der Waals surface area contributed by atoms with Gasteiger partial charge in [-0.1, -0.05) is 284 Å². The molecule has 4 heterocycles. The predicted octanol–water partition coefficient (Wildman–Crippen LogP) is 26.9. The Balaban J connectivity index is 0.932. The summed E-state index contributed by atoms with van der Waals surface area (Å²) >= 11 is 0. The molecule has 4 aliphatic rings. The van der Waals surface area contributed by atoms with Gasteiger partial charge >= 0.3 is 0 Å². The van der Waals surface area contributed by atoms with Crippen LogP contribution in [0.2, 0.25) is 0 Å². The number of hydrogen-bond acceptors (Lipinski definition) is 2. The fourth-order valence-corrected chi connectivity index (χ4v) is 19.2. The molecule has 0 saturated heterocycles. The summed E-state index contributed by atoms with van der Waals surface area (Å²) in [6, 6.07) is 94.1. The summed E-state index contributed by atoms with van der Waals surface area (Å²) in [6.45, 7) is 47.5. The van der Waals surface area contributed by atoms with Crippen molar-refractivity contribution in [2.24, 2.45) is 0 Å². The van der Waals surface area contributed by atoms with Crippen molar-refractivity contribution < 1.29 is 0 Å². The van der Waals surface area contributed by atoms with Gasteiger partial charge in [0.05, 0.1) is 27.8 Å². The summed E-state index contributed by atoms with van der Waals surface area (Å²) in [5.74, 6) is 0. The quantitative estimate of drug-likeness (QED) is 0.148. The van der Waals surface area contributed by atoms with E-state index >= 15 is 0 Å². The molecule has 0 fully saturated rings. The highest BCUT2D eigenvalue weighted by molar-refractivity contribution is 7.00. The van der Waals surface area contributed by atoms with E-state index in [9.17, 15) is 0 Å². The first-order valence-electron chi connectivity index (χ1n) is 40.3. The predicted molar refractivity (Wildman–Crippen MR) is 471 cm³/mol. The van der Waals surface area contributed by atoms with Gasteiger partial charge in [0, 0.05) is 61.4 Å². The van der Waals surface area contributed by atoms with Gasteiger partial charge in [-0.3, -0.25) is 0 Å². The lowest BCUT2D eigenvalue weighted by molar-refractivity contribution is 0.332. The zero-order valence-corrected chi connectivity index (χ0v) is 68.2. The minimum atomic E-state index is -0.171. The van der Waals surface area contributed by atoms with Crippen LogP contribution in [-0.4, -0.2) is 15.8 Å². The summed E-state index contributed by atoms with van der Waals surface area (Å²) in [5, 5.41) is 5.03. The first-order valence-corrected chi connectivity index (χ1v) is 40.3. The molecular formula is C104H107BN4. The number of benzene rings is 12. The fourth-order valence-electron chi connectivity index (χ4n) is 19.2. The number of aromatic nitrogens is 2. The highest BCUT2D eigenvalue weighted by Gasteiger charge is 2.46. The standard InChI is InChI=1S/C104H107BN4/c1-97(2,3)70-36-47-90-80(59-70)81-60-71(98(4,5)6)37-48-91(81)108(90)76-42-46-87-93(61-76)107(75-40-31-65(32-41-75)67-34-44-83-85(56-67)104(19,20)52-50-102(83,15)16)95-63-77(109-88-27-23-21-25-78(88)79-26-22-24-28-89(79)109)62-94-96(95)105(87)86-45-35-68(69-53-72(99(7,8)9)58-73(54-69)100(10,11)12)57-92(86)106(94)74-38-29-64(30-39-74)66-33-43-82-84(55-66)103(17,18)51-49-101(82,13)14/h21-48,53-63H,49-52H2,1-20H3.